The lowest BCUT2D eigenvalue weighted by molar-refractivity contribution is -0.119. The van der Waals surface area contributed by atoms with E-state index in [9.17, 15) is 18.8 Å². The number of aromatic nitrogens is 1. The third kappa shape index (κ3) is 23.0. The van der Waals surface area contributed by atoms with E-state index in [1.807, 2.05) is 50.2 Å². The number of carbonyl (C=O) groups excluding carboxylic acids is 3. The lowest BCUT2D eigenvalue weighted by atomic mass is 10.0. The lowest BCUT2D eigenvalue weighted by Crippen LogP contribution is -2.36. The standard InChI is InChI=1S/C13H18FN3O2.C7H9N.C7H8.C5H9NO.C4H10/c1-9(6-11(15)7-16-8-18)13(19)17-12-4-2-10(14)3-5-12;1-6-4-3-5-7(2)8-6;1-7-5-3-2-4-6-7;7-5-6-3-1-2-4-6;1-3-4-2/h2-5,8-9,11H,6-7,15H2,1H3,(H,16,18)(H,17,19);3-5H,1-2H3;2-6H,1H3;5H,1-4H2;3-4H2,1-2H3. The van der Waals surface area contributed by atoms with Gasteiger partial charge >= 0.3 is 0 Å². The number of hydrogen-bond donors (Lipinski definition) is 3. The molecular formula is C36H54FN5O3. The molecule has 9 heteroatoms. The summed E-state index contributed by atoms with van der Waals surface area (Å²) < 4.78 is 12.7. The maximum Gasteiger partial charge on any atom is 0.227 e. The first-order valence-corrected chi connectivity index (χ1v) is 15.7. The molecule has 2 unspecified atom stereocenters. The van der Waals surface area contributed by atoms with E-state index in [1.165, 1.54) is 55.5 Å². The minimum atomic E-state index is -0.354. The van der Waals surface area contributed by atoms with Crippen LogP contribution in [0, 0.1) is 32.5 Å². The number of aryl methyl sites for hydroxylation is 3. The second-order valence-electron chi connectivity index (χ2n) is 10.8. The highest BCUT2D eigenvalue weighted by molar-refractivity contribution is 5.92. The Hall–Kier alpha value is -4.11. The number of benzene rings is 2. The predicted octanol–water partition coefficient (Wildman–Crippen LogP) is 6.60. The van der Waals surface area contributed by atoms with E-state index in [1.54, 1.807) is 11.8 Å². The van der Waals surface area contributed by atoms with Crippen LogP contribution in [0.1, 0.15) is 69.8 Å². The number of nitrogens with two attached hydrogens (primary N) is 1. The zero-order valence-electron chi connectivity index (χ0n) is 28.0. The molecule has 3 amide bonds. The van der Waals surface area contributed by atoms with E-state index in [2.05, 4.69) is 48.5 Å². The number of unbranched alkanes of at least 4 members (excludes halogenated alkanes) is 1. The van der Waals surface area contributed by atoms with Crippen molar-refractivity contribution in [1.29, 1.82) is 0 Å². The summed E-state index contributed by atoms with van der Waals surface area (Å²) in [5, 5.41) is 5.15. The van der Waals surface area contributed by atoms with Crippen LogP contribution in [0.15, 0.2) is 72.8 Å². The number of halogens is 1. The Kier molecular flexibility index (Phi) is 23.9. The number of nitrogens with zero attached hydrogens (tertiary/aromatic N) is 2. The van der Waals surface area contributed by atoms with Crippen molar-refractivity contribution in [2.75, 3.05) is 25.0 Å². The summed E-state index contributed by atoms with van der Waals surface area (Å²) in [6.45, 7) is 14.5. The zero-order valence-corrected chi connectivity index (χ0v) is 28.0. The van der Waals surface area contributed by atoms with Crippen molar-refractivity contribution < 1.29 is 18.8 Å². The third-order valence-corrected chi connectivity index (χ3v) is 6.44. The van der Waals surface area contributed by atoms with Gasteiger partial charge in [-0.1, -0.05) is 75.6 Å². The van der Waals surface area contributed by atoms with E-state index in [-0.39, 0.29) is 23.7 Å². The number of amides is 3. The van der Waals surface area contributed by atoms with Gasteiger partial charge in [0.1, 0.15) is 5.82 Å². The van der Waals surface area contributed by atoms with E-state index in [0.717, 1.165) is 30.9 Å². The Morgan fingerprint density at radius 2 is 1.47 bits per heavy atom. The molecule has 1 aromatic heterocycles. The SMILES string of the molecule is CC(CC(N)CNC=O)C(=O)Nc1ccc(F)cc1.CCCC.Cc1cccc(C)n1.Cc1ccccc1.O=CN1CCCC1. The number of carbonyl (C=O) groups is 3. The zero-order chi connectivity index (χ0) is 33.9. The van der Waals surface area contributed by atoms with E-state index >= 15 is 0 Å². The van der Waals surface area contributed by atoms with Crippen LogP contribution in [0.25, 0.3) is 0 Å². The highest BCUT2D eigenvalue weighted by atomic mass is 19.1. The summed E-state index contributed by atoms with van der Waals surface area (Å²) in [6, 6.07) is 21.5. The molecule has 0 saturated carbocycles. The molecule has 0 aliphatic carbocycles. The second kappa shape index (κ2) is 26.3. The van der Waals surface area contributed by atoms with Crippen molar-refractivity contribution in [2.24, 2.45) is 11.7 Å². The number of nitrogens with one attached hydrogen (secondary N) is 2. The first kappa shape index (κ1) is 40.9. The Morgan fingerprint density at radius 3 is 1.84 bits per heavy atom. The van der Waals surface area contributed by atoms with Gasteiger partial charge in [0.2, 0.25) is 18.7 Å². The molecule has 2 aromatic carbocycles. The quantitative estimate of drug-likeness (QED) is 0.232. The molecule has 0 bridgehead atoms. The van der Waals surface area contributed by atoms with Crippen molar-refractivity contribution in [3.05, 3.63) is 95.6 Å². The van der Waals surface area contributed by atoms with Gasteiger partial charge in [0.25, 0.3) is 0 Å². The van der Waals surface area contributed by atoms with Gasteiger partial charge in [0, 0.05) is 48.7 Å². The first-order chi connectivity index (χ1) is 21.6. The highest BCUT2D eigenvalue weighted by Gasteiger charge is 2.16. The molecule has 4 N–H and O–H groups in total. The molecule has 1 aliphatic heterocycles. The summed E-state index contributed by atoms with van der Waals surface area (Å²) in [5.41, 5.74) is 9.80. The van der Waals surface area contributed by atoms with E-state index < -0.39 is 0 Å². The Bertz CT molecular complexity index is 1150. The van der Waals surface area contributed by atoms with Crippen LogP contribution in [-0.2, 0) is 14.4 Å². The van der Waals surface area contributed by atoms with Crippen LogP contribution in [0.3, 0.4) is 0 Å². The van der Waals surface area contributed by atoms with Crippen molar-refractivity contribution in [3.63, 3.8) is 0 Å². The second-order valence-corrected chi connectivity index (χ2v) is 10.8. The van der Waals surface area contributed by atoms with Gasteiger partial charge in [-0.15, -0.1) is 0 Å². The van der Waals surface area contributed by atoms with Gasteiger partial charge in [0.05, 0.1) is 0 Å². The molecule has 4 rings (SSSR count). The summed E-state index contributed by atoms with van der Waals surface area (Å²) in [5.74, 6) is -0.838. The lowest BCUT2D eigenvalue weighted by Gasteiger charge is -2.16. The molecule has 0 radical (unpaired) electrons. The molecule has 8 nitrogen and oxygen atoms in total. The largest absolute Gasteiger partial charge is 0.357 e. The Morgan fingerprint density at radius 1 is 0.911 bits per heavy atom. The molecule has 45 heavy (non-hydrogen) atoms. The summed E-state index contributed by atoms with van der Waals surface area (Å²) in [6.07, 6.45) is 6.97. The Labute approximate surface area is 270 Å². The van der Waals surface area contributed by atoms with Crippen LogP contribution in [0.5, 0.6) is 0 Å². The first-order valence-electron chi connectivity index (χ1n) is 15.7. The molecule has 1 fully saturated rings. The van der Waals surface area contributed by atoms with Crippen LogP contribution < -0.4 is 16.4 Å². The van der Waals surface area contributed by atoms with Gasteiger partial charge in [-0.05, 0) is 76.4 Å². The van der Waals surface area contributed by atoms with Gasteiger partial charge in [-0.3, -0.25) is 19.4 Å². The van der Waals surface area contributed by atoms with Crippen LogP contribution in [0.4, 0.5) is 10.1 Å². The average Bonchev–Trinajstić information content (AvgIpc) is 3.57. The molecule has 1 aliphatic rings. The van der Waals surface area contributed by atoms with Crippen molar-refractivity contribution in [2.45, 2.75) is 79.7 Å². The molecule has 1 saturated heterocycles. The van der Waals surface area contributed by atoms with Crippen molar-refractivity contribution in [1.82, 2.24) is 15.2 Å². The predicted molar refractivity (Wildman–Crippen MR) is 183 cm³/mol. The maximum atomic E-state index is 12.7. The minimum Gasteiger partial charge on any atom is -0.357 e. The smallest absolute Gasteiger partial charge is 0.227 e. The van der Waals surface area contributed by atoms with Gasteiger partial charge < -0.3 is 21.3 Å². The Balaban J connectivity index is 0.000000611. The fraction of sp³-hybridized carbons (Fsp3) is 0.444. The van der Waals surface area contributed by atoms with Gasteiger partial charge in [0.15, 0.2) is 0 Å². The molecule has 248 valence electrons. The number of rotatable bonds is 9. The molecule has 2 atom stereocenters. The van der Waals surface area contributed by atoms with E-state index in [0.29, 0.717) is 25.1 Å². The van der Waals surface area contributed by atoms with Crippen LogP contribution in [-0.4, -0.2) is 54.3 Å². The summed E-state index contributed by atoms with van der Waals surface area (Å²) in [7, 11) is 0. The van der Waals surface area contributed by atoms with Crippen molar-refractivity contribution >= 4 is 24.4 Å². The van der Waals surface area contributed by atoms with Crippen LogP contribution in [0.2, 0.25) is 0 Å². The van der Waals surface area contributed by atoms with Gasteiger partial charge in [-0.2, -0.15) is 0 Å². The molecule has 2 heterocycles. The number of likely N-dealkylation sites (tertiary alicyclic amines) is 1. The molecule has 3 aromatic rings. The van der Waals surface area contributed by atoms with E-state index in [4.69, 9.17) is 5.73 Å². The number of pyridine rings is 1. The normalized spacial score (nSPS) is 12.5. The average molecular weight is 624 g/mol. The fourth-order valence-corrected chi connectivity index (χ4v) is 3.70. The highest BCUT2D eigenvalue weighted by Crippen LogP contribution is 2.12. The molecular weight excluding hydrogens is 569 g/mol. The monoisotopic (exact) mass is 623 g/mol. The van der Waals surface area contributed by atoms with Crippen molar-refractivity contribution in [3.8, 4) is 0 Å². The third-order valence-electron chi connectivity index (χ3n) is 6.44. The summed E-state index contributed by atoms with van der Waals surface area (Å²) in [4.78, 5) is 37.9. The maximum absolute atomic E-state index is 12.7. The number of hydrogen-bond acceptors (Lipinski definition) is 5. The molecule has 0 spiro atoms. The minimum absolute atomic E-state index is 0.187. The van der Waals surface area contributed by atoms with Crippen LogP contribution >= 0.6 is 0 Å². The van der Waals surface area contributed by atoms with Gasteiger partial charge in [-0.25, -0.2) is 4.39 Å². The topological polar surface area (TPSA) is 117 Å². The number of anilines is 1. The summed E-state index contributed by atoms with van der Waals surface area (Å²) >= 11 is 0. The fourth-order valence-electron chi connectivity index (χ4n) is 3.70.